The topological polar surface area (TPSA) is 84.5 Å². The van der Waals surface area contributed by atoms with Crippen LogP contribution in [0.15, 0.2) is 24.3 Å². The zero-order valence-electron chi connectivity index (χ0n) is 20.0. The Hall–Kier alpha value is -2.08. The lowest BCUT2D eigenvalue weighted by atomic mass is 9.54. The number of alkyl halides is 3. The molecule has 5 aliphatic rings. The highest BCUT2D eigenvalue weighted by atomic mass is 19.4. The number of halogens is 3. The van der Waals surface area contributed by atoms with Crippen LogP contribution in [0, 0.1) is 23.2 Å². The second kappa shape index (κ2) is 8.22. The summed E-state index contributed by atoms with van der Waals surface area (Å²) in [6.45, 7) is 7.97. The summed E-state index contributed by atoms with van der Waals surface area (Å²) in [5.41, 5.74) is -1.20. The van der Waals surface area contributed by atoms with Crippen molar-refractivity contribution in [2.24, 2.45) is 23.2 Å². The average molecular weight is 501 g/mol. The molecule has 1 aliphatic carbocycles. The summed E-state index contributed by atoms with van der Waals surface area (Å²) < 4.78 is 59.2. The van der Waals surface area contributed by atoms with E-state index < -0.39 is 47.6 Å². The summed E-state index contributed by atoms with van der Waals surface area (Å²) in [6, 6.07) is 4.78. The van der Waals surface area contributed by atoms with Gasteiger partial charge in [0, 0.05) is 23.4 Å². The molecule has 1 saturated carbocycles. The molecule has 4 saturated heterocycles. The minimum Gasteiger partial charge on any atom is -0.419 e. The normalized spacial score (nSPS) is 39.8. The van der Waals surface area contributed by atoms with Crippen molar-refractivity contribution in [1.29, 1.82) is 0 Å². The van der Waals surface area contributed by atoms with Crippen LogP contribution >= 0.6 is 0 Å². The van der Waals surface area contributed by atoms with E-state index in [4.69, 9.17) is 24.0 Å². The van der Waals surface area contributed by atoms with Crippen LogP contribution in [0.25, 0.3) is 0 Å². The maximum absolute atomic E-state index is 12.7. The summed E-state index contributed by atoms with van der Waals surface area (Å²) in [4.78, 5) is 24.7. The van der Waals surface area contributed by atoms with E-state index in [9.17, 15) is 18.0 Å². The molecule has 1 aromatic rings. The lowest BCUT2D eigenvalue weighted by Gasteiger charge is -2.62. The van der Waals surface area contributed by atoms with Gasteiger partial charge in [-0.3, -0.25) is 5.32 Å². The van der Waals surface area contributed by atoms with Crippen molar-refractivity contribution >= 4 is 11.8 Å². The third-order valence-corrected chi connectivity index (χ3v) is 8.02. The van der Waals surface area contributed by atoms with Gasteiger partial charge in [0.15, 0.2) is 11.9 Å². The molecule has 194 valence electrons. The van der Waals surface area contributed by atoms with E-state index in [1.807, 2.05) is 20.8 Å². The molecule has 35 heavy (non-hydrogen) atoms. The standard InChI is InChI=1S/C24H30F3NO7/c1-13-5-10-17-21(2,3)18(30-19-23(17)16(13)11-12-22(4,33-19)34-35-23)31-20(29)28-14-6-8-15(9-7-14)32-24(25,26)27/h6-9,13,16-19H,5,10-12H2,1-4H3,(H,28,29)/t13-,16+,17+,18-,19-,22-,23-/m1/s1. The lowest BCUT2D eigenvalue weighted by molar-refractivity contribution is -0.581. The summed E-state index contributed by atoms with van der Waals surface area (Å²) in [5.74, 6) is -0.843. The maximum atomic E-state index is 12.7. The second-order valence-electron chi connectivity index (χ2n) is 10.7. The van der Waals surface area contributed by atoms with Gasteiger partial charge in [-0.2, -0.15) is 0 Å². The van der Waals surface area contributed by atoms with Crippen LogP contribution in [0.2, 0.25) is 0 Å². The third kappa shape index (κ3) is 4.26. The fraction of sp³-hybridized carbons (Fsp3) is 0.708. The molecule has 0 aromatic heterocycles. The van der Waals surface area contributed by atoms with Crippen molar-refractivity contribution in [3.63, 3.8) is 0 Å². The first kappa shape index (κ1) is 24.6. The summed E-state index contributed by atoms with van der Waals surface area (Å²) in [5, 5.41) is 2.53. The smallest absolute Gasteiger partial charge is 0.419 e. The fourth-order valence-electron chi connectivity index (χ4n) is 6.29. The number of anilines is 1. The highest BCUT2D eigenvalue weighted by Gasteiger charge is 2.72. The van der Waals surface area contributed by atoms with Crippen LogP contribution in [0.1, 0.15) is 53.4 Å². The largest absolute Gasteiger partial charge is 0.573 e. The fourth-order valence-corrected chi connectivity index (χ4v) is 6.29. The van der Waals surface area contributed by atoms with Crippen molar-refractivity contribution in [3.05, 3.63) is 24.3 Å². The maximum Gasteiger partial charge on any atom is 0.573 e. The Labute approximate surface area is 201 Å². The molecule has 0 unspecified atom stereocenters. The predicted octanol–water partition coefficient (Wildman–Crippen LogP) is 5.73. The average Bonchev–Trinajstić information content (AvgIpc) is 2.98. The van der Waals surface area contributed by atoms with E-state index >= 15 is 0 Å². The van der Waals surface area contributed by atoms with Crippen LogP contribution in [0.5, 0.6) is 5.75 Å². The molecule has 7 atom stereocenters. The molecule has 1 spiro atoms. The number of carbonyl (C=O) groups is 1. The Bertz CT molecular complexity index is 971. The molecule has 1 amide bonds. The van der Waals surface area contributed by atoms with Gasteiger partial charge >= 0.3 is 12.5 Å². The van der Waals surface area contributed by atoms with Gasteiger partial charge < -0.3 is 18.9 Å². The van der Waals surface area contributed by atoms with Crippen molar-refractivity contribution in [3.8, 4) is 5.75 Å². The highest BCUT2D eigenvalue weighted by Crippen LogP contribution is 2.63. The lowest BCUT2D eigenvalue weighted by Crippen LogP contribution is -2.73. The summed E-state index contributed by atoms with van der Waals surface area (Å²) >= 11 is 0. The number of rotatable bonds is 3. The Balaban J connectivity index is 1.33. The minimum atomic E-state index is -4.80. The summed E-state index contributed by atoms with van der Waals surface area (Å²) in [7, 11) is 0. The number of carbonyl (C=O) groups excluding carboxylic acids is 1. The van der Waals surface area contributed by atoms with E-state index in [1.165, 1.54) is 12.1 Å². The molecule has 2 bridgehead atoms. The number of amides is 1. The van der Waals surface area contributed by atoms with Gasteiger partial charge in [0.05, 0.1) is 0 Å². The van der Waals surface area contributed by atoms with Gasteiger partial charge in [-0.1, -0.05) is 20.8 Å². The molecule has 4 aliphatic heterocycles. The van der Waals surface area contributed by atoms with E-state index in [-0.39, 0.29) is 17.5 Å². The van der Waals surface area contributed by atoms with E-state index in [2.05, 4.69) is 17.0 Å². The van der Waals surface area contributed by atoms with E-state index in [1.54, 1.807) is 0 Å². The van der Waals surface area contributed by atoms with E-state index in [0.717, 1.165) is 31.4 Å². The van der Waals surface area contributed by atoms with Crippen molar-refractivity contribution in [2.45, 2.75) is 83.7 Å². The molecule has 0 radical (unpaired) electrons. The predicted molar refractivity (Wildman–Crippen MR) is 115 cm³/mol. The zero-order chi connectivity index (χ0) is 25.2. The molecule has 1 aromatic carbocycles. The molecule has 11 heteroatoms. The molecular weight excluding hydrogens is 471 g/mol. The van der Waals surface area contributed by atoms with Gasteiger partial charge in [0.1, 0.15) is 5.75 Å². The van der Waals surface area contributed by atoms with Gasteiger partial charge in [-0.25, -0.2) is 14.6 Å². The number of hydrogen-bond donors (Lipinski definition) is 1. The first-order valence-electron chi connectivity index (χ1n) is 11.9. The molecule has 6 rings (SSSR count). The molecule has 4 heterocycles. The Kier molecular flexibility index (Phi) is 5.78. The van der Waals surface area contributed by atoms with Crippen molar-refractivity contribution in [1.82, 2.24) is 0 Å². The van der Waals surface area contributed by atoms with Crippen LogP contribution in [-0.2, 0) is 24.0 Å². The zero-order valence-corrected chi connectivity index (χ0v) is 20.0. The first-order chi connectivity index (χ1) is 16.3. The molecule has 5 fully saturated rings. The number of ether oxygens (including phenoxy) is 4. The minimum absolute atomic E-state index is 0.0609. The number of benzene rings is 1. The quantitative estimate of drug-likeness (QED) is 0.530. The van der Waals surface area contributed by atoms with Gasteiger partial charge in [-0.05, 0) is 62.3 Å². The van der Waals surface area contributed by atoms with Crippen molar-refractivity contribution < 1.29 is 46.7 Å². The number of nitrogens with one attached hydrogen (secondary N) is 1. The molecule has 1 N–H and O–H groups in total. The third-order valence-electron chi connectivity index (χ3n) is 8.02. The Morgan fingerprint density at radius 3 is 2.49 bits per heavy atom. The Morgan fingerprint density at radius 2 is 1.80 bits per heavy atom. The second-order valence-corrected chi connectivity index (χ2v) is 10.7. The van der Waals surface area contributed by atoms with Gasteiger partial charge in [-0.15, -0.1) is 13.2 Å². The highest BCUT2D eigenvalue weighted by molar-refractivity contribution is 5.84. The van der Waals surface area contributed by atoms with Crippen LogP contribution in [0.3, 0.4) is 0 Å². The first-order valence-corrected chi connectivity index (χ1v) is 11.9. The number of fused-ring (bicyclic) bond motifs is 2. The molecule has 8 nitrogen and oxygen atoms in total. The van der Waals surface area contributed by atoms with Crippen LogP contribution in [-0.4, -0.2) is 36.4 Å². The Morgan fingerprint density at radius 1 is 1.09 bits per heavy atom. The van der Waals surface area contributed by atoms with E-state index in [0.29, 0.717) is 12.3 Å². The van der Waals surface area contributed by atoms with Crippen LogP contribution < -0.4 is 10.1 Å². The van der Waals surface area contributed by atoms with Gasteiger partial charge in [0.2, 0.25) is 12.1 Å². The SMILES string of the molecule is C[C@@H]1CC[C@H]2C(C)(C)[C@@H](OC(=O)Nc3ccc(OC(F)(F)F)cc3)O[C@@H]3O[C@@]4(C)CC[C@@H]1[C@]32OO4. The number of hydrogen-bond acceptors (Lipinski definition) is 7. The van der Waals surface area contributed by atoms with Crippen molar-refractivity contribution in [2.75, 3.05) is 5.32 Å². The molecular formula is C24H30F3NO7. The monoisotopic (exact) mass is 501 g/mol. The summed E-state index contributed by atoms with van der Waals surface area (Å²) in [6.07, 6.45) is -3.94. The van der Waals surface area contributed by atoms with Gasteiger partial charge in [0.25, 0.3) is 0 Å². The van der Waals surface area contributed by atoms with Crippen LogP contribution in [0.4, 0.5) is 23.7 Å².